The van der Waals surface area contributed by atoms with Gasteiger partial charge >= 0.3 is 18.1 Å². The van der Waals surface area contributed by atoms with Crippen molar-refractivity contribution in [2.75, 3.05) is 20.3 Å². The number of aliphatic imine (C=N–C) groups is 1. The first-order valence-electron chi connectivity index (χ1n) is 8.41. The van der Waals surface area contributed by atoms with Crippen LogP contribution < -0.4 is 0 Å². The van der Waals surface area contributed by atoms with E-state index in [-0.39, 0.29) is 29.2 Å². The molecule has 2 atom stereocenters. The molecule has 152 valence electrons. The molecule has 0 aromatic heterocycles. The summed E-state index contributed by atoms with van der Waals surface area (Å²) < 4.78 is 50.6. The molecule has 0 bridgehead atoms. The quantitative estimate of drug-likeness (QED) is 0.770. The number of halogens is 3. The van der Waals surface area contributed by atoms with Crippen molar-refractivity contribution in [3.05, 3.63) is 46.7 Å². The van der Waals surface area contributed by atoms with Gasteiger partial charge in [-0.15, -0.1) is 0 Å². The molecular formula is C19H20F3NO5. The van der Waals surface area contributed by atoms with E-state index in [0.29, 0.717) is 0 Å². The number of methoxy groups -OCH3 is 1. The van der Waals surface area contributed by atoms with Gasteiger partial charge in [-0.2, -0.15) is 13.2 Å². The fourth-order valence-corrected chi connectivity index (χ4v) is 3.31. The van der Waals surface area contributed by atoms with Crippen molar-refractivity contribution in [2.45, 2.75) is 25.9 Å². The van der Waals surface area contributed by atoms with Crippen LogP contribution in [0.1, 0.15) is 30.9 Å². The Balaban J connectivity index is 2.74. The smallest absolute Gasteiger partial charge is 0.416 e. The molecule has 2 rings (SSSR count). The molecule has 1 aromatic rings. The van der Waals surface area contributed by atoms with Crippen molar-refractivity contribution in [1.82, 2.24) is 0 Å². The summed E-state index contributed by atoms with van der Waals surface area (Å²) in [5.74, 6) is -4.29. The third kappa shape index (κ3) is 4.24. The molecule has 1 aliphatic heterocycles. The molecule has 1 heterocycles. The van der Waals surface area contributed by atoms with Crippen LogP contribution in [0.25, 0.3) is 0 Å². The number of alkyl halides is 3. The van der Waals surface area contributed by atoms with E-state index in [2.05, 4.69) is 4.99 Å². The molecule has 2 unspecified atom stereocenters. The second kappa shape index (κ2) is 8.55. The van der Waals surface area contributed by atoms with Gasteiger partial charge < -0.3 is 14.6 Å². The predicted octanol–water partition coefficient (Wildman–Crippen LogP) is 2.86. The Labute approximate surface area is 159 Å². The van der Waals surface area contributed by atoms with Gasteiger partial charge in [0.05, 0.1) is 24.9 Å². The van der Waals surface area contributed by atoms with E-state index in [0.717, 1.165) is 13.2 Å². The Morgan fingerprint density at radius 2 is 1.86 bits per heavy atom. The first kappa shape index (κ1) is 21.6. The predicted molar refractivity (Wildman–Crippen MR) is 93.5 cm³/mol. The standard InChI is InChI=1S/C19H20F3NO5/c1-10-14(17(25)27-3)16(12-6-4-5-7-13(12)19(20,21)22)15(11(2)23-10)18(26)28-9-8-24/h4-7,14,16,24H,8-9H2,1-3H3. The van der Waals surface area contributed by atoms with Crippen LogP contribution in [0.15, 0.2) is 40.5 Å². The minimum atomic E-state index is -4.70. The Bertz CT molecular complexity index is 829. The summed E-state index contributed by atoms with van der Waals surface area (Å²) in [6.45, 7) is 2.15. The summed E-state index contributed by atoms with van der Waals surface area (Å²) >= 11 is 0. The lowest BCUT2D eigenvalue weighted by Gasteiger charge is -2.32. The van der Waals surface area contributed by atoms with Crippen LogP contribution >= 0.6 is 0 Å². The number of hydrogen-bond donors (Lipinski definition) is 1. The second-order valence-corrected chi connectivity index (χ2v) is 6.18. The van der Waals surface area contributed by atoms with Gasteiger partial charge in [0.25, 0.3) is 0 Å². The molecule has 0 saturated heterocycles. The second-order valence-electron chi connectivity index (χ2n) is 6.18. The molecule has 9 heteroatoms. The lowest BCUT2D eigenvalue weighted by molar-refractivity contribution is -0.145. The zero-order valence-corrected chi connectivity index (χ0v) is 15.5. The highest BCUT2D eigenvalue weighted by atomic mass is 19.4. The molecule has 1 aromatic carbocycles. The first-order chi connectivity index (χ1) is 13.1. The minimum Gasteiger partial charge on any atom is -0.468 e. The van der Waals surface area contributed by atoms with E-state index in [1.807, 2.05) is 0 Å². The lowest BCUT2D eigenvalue weighted by Crippen LogP contribution is -2.37. The van der Waals surface area contributed by atoms with Crippen LogP contribution in [-0.4, -0.2) is 43.1 Å². The van der Waals surface area contributed by atoms with Gasteiger partial charge in [-0.1, -0.05) is 18.2 Å². The Hall–Kier alpha value is -2.68. The van der Waals surface area contributed by atoms with E-state index in [9.17, 15) is 22.8 Å². The summed E-state index contributed by atoms with van der Waals surface area (Å²) in [7, 11) is 1.11. The summed E-state index contributed by atoms with van der Waals surface area (Å²) in [5, 5.41) is 8.89. The number of aliphatic hydroxyl groups is 1. The van der Waals surface area contributed by atoms with Gasteiger partial charge in [-0.05, 0) is 25.5 Å². The van der Waals surface area contributed by atoms with Crippen LogP contribution in [0.5, 0.6) is 0 Å². The largest absolute Gasteiger partial charge is 0.468 e. The summed E-state index contributed by atoms with van der Waals surface area (Å²) in [5.41, 5.74) is -1.03. The van der Waals surface area contributed by atoms with Crippen LogP contribution in [-0.2, 0) is 25.2 Å². The third-order valence-electron chi connectivity index (χ3n) is 4.43. The van der Waals surface area contributed by atoms with Crippen LogP contribution in [0.4, 0.5) is 13.2 Å². The number of carbonyl (C=O) groups is 2. The highest BCUT2D eigenvalue weighted by Gasteiger charge is 2.46. The number of carbonyl (C=O) groups excluding carboxylic acids is 2. The van der Waals surface area contributed by atoms with Crippen molar-refractivity contribution in [3.8, 4) is 0 Å². The van der Waals surface area contributed by atoms with E-state index in [1.165, 1.54) is 32.0 Å². The van der Waals surface area contributed by atoms with Gasteiger partial charge in [0.15, 0.2) is 0 Å². The fourth-order valence-electron chi connectivity index (χ4n) is 3.31. The van der Waals surface area contributed by atoms with Crippen molar-refractivity contribution < 1.29 is 37.3 Å². The topological polar surface area (TPSA) is 85.2 Å². The average molecular weight is 399 g/mol. The molecule has 0 saturated carbocycles. The van der Waals surface area contributed by atoms with Crippen LogP contribution in [0.3, 0.4) is 0 Å². The number of hydrogen-bond acceptors (Lipinski definition) is 6. The molecule has 0 amide bonds. The average Bonchev–Trinajstić information content (AvgIpc) is 2.64. The molecule has 0 radical (unpaired) electrons. The zero-order valence-electron chi connectivity index (χ0n) is 15.5. The molecule has 0 fully saturated rings. The minimum absolute atomic E-state index is 0.141. The lowest BCUT2D eigenvalue weighted by atomic mass is 9.74. The van der Waals surface area contributed by atoms with Crippen LogP contribution in [0.2, 0.25) is 0 Å². The van der Waals surface area contributed by atoms with Gasteiger partial charge in [0, 0.05) is 17.3 Å². The maximum absolute atomic E-state index is 13.6. The number of nitrogens with zero attached hydrogens (tertiary/aromatic N) is 1. The number of aliphatic hydroxyl groups excluding tert-OH is 1. The van der Waals surface area contributed by atoms with Crippen LogP contribution in [0, 0.1) is 5.92 Å². The number of benzene rings is 1. The molecule has 1 N–H and O–H groups in total. The molecule has 28 heavy (non-hydrogen) atoms. The molecule has 0 aliphatic carbocycles. The van der Waals surface area contributed by atoms with Gasteiger partial charge in [-0.3, -0.25) is 9.79 Å². The highest BCUT2D eigenvalue weighted by Crippen LogP contribution is 2.44. The number of rotatable bonds is 5. The monoisotopic (exact) mass is 399 g/mol. The summed E-state index contributed by atoms with van der Waals surface area (Å²) in [6.07, 6.45) is -4.70. The normalized spacial score (nSPS) is 19.9. The highest BCUT2D eigenvalue weighted by molar-refractivity contribution is 6.07. The Morgan fingerprint density at radius 3 is 2.43 bits per heavy atom. The number of esters is 2. The van der Waals surface area contributed by atoms with Crippen molar-refractivity contribution in [1.29, 1.82) is 0 Å². The SMILES string of the molecule is COC(=O)C1C(C)=NC(C)=C(C(=O)OCCO)C1c1ccccc1C(F)(F)F. The Morgan fingerprint density at radius 1 is 1.21 bits per heavy atom. The van der Waals surface area contributed by atoms with E-state index in [1.54, 1.807) is 0 Å². The number of allylic oxidation sites excluding steroid dienone is 1. The fraction of sp³-hybridized carbons (Fsp3) is 0.421. The zero-order chi connectivity index (χ0) is 21.1. The van der Waals surface area contributed by atoms with Gasteiger partial charge in [0.1, 0.15) is 12.5 Å². The maximum atomic E-state index is 13.6. The van der Waals surface area contributed by atoms with Crippen molar-refractivity contribution in [3.63, 3.8) is 0 Å². The van der Waals surface area contributed by atoms with Crippen molar-refractivity contribution in [2.24, 2.45) is 10.9 Å². The van der Waals surface area contributed by atoms with E-state index in [4.69, 9.17) is 14.6 Å². The molecule has 1 aliphatic rings. The van der Waals surface area contributed by atoms with Gasteiger partial charge in [0.2, 0.25) is 0 Å². The summed E-state index contributed by atoms with van der Waals surface area (Å²) in [6, 6.07) is 4.72. The third-order valence-corrected chi connectivity index (χ3v) is 4.43. The van der Waals surface area contributed by atoms with E-state index < -0.39 is 42.1 Å². The Kier molecular flexibility index (Phi) is 6.60. The maximum Gasteiger partial charge on any atom is 0.416 e. The van der Waals surface area contributed by atoms with Crippen molar-refractivity contribution >= 4 is 17.7 Å². The number of ether oxygens (including phenoxy) is 2. The summed E-state index contributed by atoms with van der Waals surface area (Å²) in [4.78, 5) is 29.2. The molecule has 0 spiro atoms. The first-order valence-corrected chi connectivity index (χ1v) is 8.41. The molecule has 6 nitrogen and oxygen atoms in total. The van der Waals surface area contributed by atoms with Gasteiger partial charge in [-0.25, -0.2) is 4.79 Å². The van der Waals surface area contributed by atoms with E-state index >= 15 is 0 Å². The molecular weight excluding hydrogens is 379 g/mol.